The Balaban J connectivity index is 1.29. The van der Waals surface area contributed by atoms with Crippen molar-refractivity contribution in [1.82, 2.24) is 34.6 Å². The summed E-state index contributed by atoms with van der Waals surface area (Å²) in [6.07, 6.45) is 13.0. The molecule has 4 heterocycles. The molecule has 1 saturated carbocycles. The number of aromatic nitrogens is 5. The summed E-state index contributed by atoms with van der Waals surface area (Å²) >= 11 is 0. The van der Waals surface area contributed by atoms with E-state index in [4.69, 9.17) is 0 Å². The van der Waals surface area contributed by atoms with Crippen LogP contribution in [0.15, 0.2) is 61.2 Å². The second-order valence-corrected chi connectivity index (χ2v) is 9.64. The van der Waals surface area contributed by atoms with E-state index >= 15 is 0 Å². The number of hydrogen-bond donors (Lipinski definition) is 1. The summed E-state index contributed by atoms with van der Waals surface area (Å²) in [6, 6.07) is 11.6. The summed E-state index contributed by atoms with van der Waals surface area (Å²) < 4.78 is 3.55. The maximum Gasteiger partial charge on any atom is 0.256 e. The zero-order valence-electron chi connectivity index (χ0n) is 20.1. The number of likely N-dealkylation sites (tertiary alicyclic amines) is 1. The lowest BCUT2D eigenvalue weighted by Gasteiger charge is -2.26. The van der Waals surface area contributed by atoms with Gasteiger partial charge in [-0.25, -0.2) is 9.50 Å². The smallest absolute Gasteiger partial charge is 0.256 e. The molecular weight excluding hydrogens is 454 g/mol. The Morgan fingerprint density at radius 3 is 2.64 bits per heavy atom. The average Bonchev–Trinajstić information content (AvgIpc) is 3.71. The third-order valence-electron chi connectivity index (χ3n) is 7.36. The van der Waals surface area contributed by atoms with Crippen molar-refractivity contribution < 1.29 is 9.59 Å². The summed E-state index contributed by atoms with van der Waals surface area (Å²) in [5.41, 5.74) is 3.49. The van der Waals surface area contributed by atoms with Crippen LogP contribution in [0.1, 0.15) is 76.5 Å². The molecule has 4 aromatic rings. The number of benzene rings is 1. The molecule has 2 aliphatic rings. The Morgan fingerprint density at radius 1 is 0.944 bits per heavy atom. The topological polar surface area (TPSA) is 97.4 Å². The van der Waals surface area contributed by atoms with Gasteiger partial charge in [0, 0.05) is 36.7 Å². The molecule has 1 aliphatic carbocycles. The second-order valence-electron chi connectivity index (χ2n) is 9.64. The zero-order valence-corrected chi connectivity index (χ0v) is 20.1. The van der Waals surface area contributed by atoms with Gasteiger partial charge >= 0.3 is 0 Å². The molecule has 0 spiro atoms. The van der Waals surface area contributed by atoms with E-state index in [1.54, 1.807) is 23.1 Å². The molecule has 184 valence electrons. The molecule has 36 heavy (non-hydrogen) atoms. The van der Waals surface area contributed by atoms with Crippen molar-refractivity contribution in [2.24, 2.45) is 0 Å². The van der Waals surface area contributed by atoms with E-state index in [0.717, 1.165) is 49.8 Å². The predicted molar refractivity (Wildman–Crippen MR) is 133 cm³/mol. The minimum Gasteiger partial charge on any atom is -0.349 e. The third-order valence-corrected chi connectivity index (χ3v) is 7.36. The summed E-state index contributed by atoms with van der Waals surface area (Å²) in [7, 11) is 0. The summed E-state index contributed by atoms with van der Waals surface area (Å²) in [5.74, 6) is -0.134. The molecule has 9 nitrogen and oxygen atoms in total. The number of nitrogens with one attached hydrogen (secondary N) is 1. The Labute approximate surface area is 209 Å². The summed E-state index contributed by atoms with van der Waals surface area (Å²) in [5, 5.41) is 12.0. The molecule has 9 heteroatoms. The van der Waals surface area contributed by atoms with Crippen LogP contribution in [0.4, 0.5) is 0 Å². The molecular formula is C27H29N7O2. The highest BCUT2D eigenvalue weighted by molar-refractivity contribution is 6.00. The fourth-order valence-electron chi connectivity index (χ4n) is 5.56. The fourth-order valence-corrected chi connectivity index (χ4v) is 5.56. The molecule has 1 aliphatic heterocycles. The van der Waals surface area contributed by atoms with Crippen molar-refractivity contribution in [3.05, 3.63) is 83.6 Å². The molecule has 2 fully saturated rings. The molecule has 1 N–H and O–H groups in total. The van der Waals surface area contributed by atoms with E-state index in [9.17, 15) is 9.59 Å². The molecule has 3 aromatic heterocycles. The first-order valence-electron chi connectivity index (χ1n) is 12.7. The van der Waals surface area contributed by atoms with Gasteiger partial charge < -0.3 is 10.2 Å². The highest BCUT2D eigenvalue weighted by Gasteiger charge is 2.34. The van der Waals surface area contributed by atoms with Gasteiger partial charge in [0.15, 0.2) is 5.65 Å². The van der Waals surface area contributed by atoms with Crippen molar-refractivity contribution in [3.8, 4) is 0 Å². The SMILES string of the molecule is O=C(NC1CCCC1)c1cnn2c(C3CCCN3C(=O)c3ccccc3Cn3cccn3)ccnc12. The van der Waals surface area contributed by atoms with Gasteiger partial charge in [0.2, 0.25) is 0 Å². The van der Waals surface area contributed by atoms with Gasteiger partial charge in [-0.2, -0.15) is 10.2 Å². The summed E-state index contributed by atoms with van der Waals surface area (Å²) in [6.45, 7) is 1.20. The van der Waals surface area contributed by atoms with E-state index in [-0.39, 0.29) is 23.9 Å². The highest BCUT2D eigenvalue weighted by atomic mass is 16.2. The third kappa shape index (κ3) is 4.14. The van der Waals surface area contributed by atoms with Crippen LogP contribution in [0.5, 0.6) is 0 Å². The Kier molecular flexibility index (Phi) is 5.96. The lowest BCUT2D eigenvalue weighted by atomic mass is 10.0. The number of amides is 2. The lowest BCUT2D eigenvalue weighted by molar-refractivity contribution is 0.0729. The van der Waals surface area contributed by atoms with Crippen molar-refractivity contribution in [2.75, 3.05) is 6.54 Å². The van der Waals surface area contributed by atoms with E-state index in [2.05, 4.69) is 20.5 Å². The average molecular weight is 484 g/mol. The van der Waals surface area contributed by atoms with Crippen LogP contribution in [-0.2, 0) is 6.54 Å². The second kappa shape index (κ2) is 9.56. The molecule has 0 radical (unpaired) electrons. The first-order chi connectivity index (χ1) is 17.7. The molecule has 0 bridgehead atoms. The van der Waals surface area contributed by atoms with Gasteiger partial charge in [0.1, 0.15) is 5.56 Å². The van der Waals surface area contributed by atoms with E-state index < -0.39 is 0 Å². The van der Waals surface area contributed by atoms with Crippen molar-refractivity contribution in [2.45, 2.75) is 57.2 Å². The van der Waals surface area contributed by atoms with Crippen LogP contribution >= 0.6 is 0 Å². The molecule has 2 amide bonds. The molecule has 1 atom stereocenters. The van der Waals surface area contributed by atoms with E-state index in [0.29, 0.717) is 29.9 Å². The van der Waals surface area contributed by atoms with Gasteiger partial charge in [-0.15, -0.1) is 0 Å². The van der Waals surface area contributed by atoms with Gasteiger partial charge in [-0.05, 0) is 49.4 Å². The molecule has 6 rings (SSSR count). The van der Waals surface area contributed by atoms with Crippen LogP contribution in [-0.4, -0.2) is 53.7 Å². The van der Waals surface area contributed by atoms with Gasteiger partial charge in [0.05, 0.1) is 24.5 Å². The van der Waals surface area contributed by atoms with Gasteiger partial charge in [-0.3, -0.25) is 14.3 Å². The van der Waals surface area contributed by atoms with Crippen molar-refractivity contribution in [3.63, 3.8) is 0 Å². The highest BCUT2D eigenvalue weighted by Crippen LogP contribution is 2.34. The minimum absolute atomic E-state index is 0.00317. The van der Waals surface area contributed by atoms with Gasteiger partial charge in [-0.1, -0.05) is 31.0 Å². The zero-order chi connectivity index (χ0) is 24.5. The quantitative estimate of drug-likeness (QED) is 0.452. The monoisotopic (exact) mass is 483 g/mol. The fraction of sp³-hybridized carbons (Fsp3) is 0.370. The van der Waals surface area contributed by atoms with Crippen LogP contribution in [0.25, 0.3) is 5.65 Å². The lowest BCUT2D eigenvalue weighted by Crippen LogP contribution is -2.33. The van der Waals surface area contributed by atoms with Crippen LogP contribution in [0.3, 0.4) is 0 Å². The number of fused-ring (bicyclic) bond motifs is 1. The first kappa shape index (κ1) is 22.5. The van der Waals surface area contributed by atoms with Crippen molar-refractivity contribution >= 4 is 17.5 Å². The summed E-state index contributed by atoms with van der Waals surface area (Å²) in [4.78, 5) is 33.2. The predicted octanol–water partition coefficient (Wildman–Crippen LogP) is 3.62. The number of carbonyl (C=O) groups is 2. The largest absolute Gasteiger partial charge is 0.349 e. The number of nitrogens with zero attached hydrogens (tertiary/aromatic N) is 6. The Morgan fingerprint density at radius 2 is 1.81 bits per heavy atom. The van der Waals surface area contributed by atoms with E-state index in [1.807, 2.05) is 52.2 Å². The Hall–Kier alpha value is -4.01. The van der Waals surface area contributed by atoms with Crippen LogP contribution < -0.4 is 5.32 Å². The number of carbonyl (C=O) groups excluding carboxylic acids is 2. The van der Waals surface area contributed by atoms with Gasteiger partial charge in [0.25, 0.3) is 11.8 Å². The van der Waals surface area contributed by atoms with E-state index in [1.165, 1.54) is 0 Å². The minimum atomic E-state index is -0.147. The number of rotatable bonds is 6. The normalized spacial score (nSPS) is 18.2. The van der Waals surface area contributed by atoms with Crippen LogP contribution in [0, 0.1) is 0 Å². The molecule has 1 unspecified atom stereocenters. The van der Waals surface area contributed by atoms with Crippen LogP contribution in [0.2, 0.25) is 0 Å². The molecule has 1 aromatic carbocycles. The standard InChI is InChI=1S/C27H29N7O2/c35-26(31-20-8-2-3-9-20)22-17-30-34-24(12-14-28-25(22)34)23-11-5-16-33(23)27(36)21-10-4-1-7-19(21)18-32-15-6-13-29-32/h1,4,6-7,10,12-15,17,20,23H,2-3,5,8-9,11,16,18H2,(H,31,35). The number of hydrogen-bond acceptors (Lipinski definition) is 5. The Bertz CT molecular complexity index is 1390. The maximum atomic E-state index is 13.8. The van der Waals surface area contributed by atoms with Crippen molar-refractivity contribution in [1.29, 1.82) is 0 Å². The maximum absolute atomic E-state index is 13.8. The first-order valence-corrected chi connectivity index (χ1v) is 12.7. The molecule has 1 saturated heterocycles.